The third-order valence-electron chi connectivity index (χ3n) is 4.57. The topological polar surface area (TPSA) is 23.8 Å². The van der Waals surface area contributed by atoms with Gasteiger partial charge in [-0.1, -0.05) is 72.3 Å². The van der Waals surface area contributed by atoms with Crippen LogP contribution >= 0.6 is 11.6 Å². The Morgan fingerprint density at radius 1 is 0.857 bits per heavy atom. The minimum absolute atomic E-state index is 0.216. The molecule has 0 aliphatic rings. The molecule has 138 valence electrons. The highest BCUT2D eigenvalue weighted by Gasteiger charge is 2.07. The Morgan fingerprint density at radius 2 is 1.36 bits per heavy atom. The number of hydrogen-bond acceptors (Lipinski definition) is 1. The van der Waals surface area contributed by atoms with Gasteiger partial charge in [-0.15, -0.1) is 0 Å². The zero-order valence-corrected chi connectivity index (χ0v) is 16.8. The summed E-state index contributed by atoms with van der Waals surface area (Å²) in [4.78, 5) is 0. The van der Waals surface area contributed by atoms with Gasteiger partial charge in [-0.05, 0) is 77.6 Å². The molecule has 1 nitrogen and oxygen atoms in total. The largest absolute Gasteiger partial charge is 0.198 e. The van der Waals surface area contributed by atoms with E-state index in [1.165, 1.54) is 11.1 Å². The lowest BCUT2D eigenvalue weighted by molar-refractivity contribution is 0.954. The molecular weight excluding hydrogens is 362 g/mol. The Bertz CT molecular complexity index is 983. The van der Waals surface area contributed by atoms with Gasteiger partial charge in [0.2, 0.25) is 0 Å². The summed E-state index contributed by atoms with van der Waals surface area (Å²) in [5.74, 6) is -0.216. The fourth-order valence-corrected chi connectivity index (χ4v) is 3.42. The highest BCUT2D eigenvalue weighted by molar-refractivity contribution is 6.31. The summed E-state index contributed by atoms with van der Waals surface area (Å²) in [6.45, 7) is 3.88. The first-order chi connectivity index (χ1) is 13.6. The lowest BCUT2D eigenvalue weighted by Crippen LogP contribution is -1.88. The van der Waals surface area contributed by atoms with E-state index in [0.717, 1.165) is 22.3 Å². The van der Waals surface area contributed by atoms with E-state index >= 15 is 0 Å². The van der Waals surface area contributed by atoms with Crippen LogP contribution in [-0.4, -0.2) is 0 Å². The van der Waals surface area contributed by atoms with Gasteiger partial charge < -0.3 is 0 Å². The fourth-order valence-electron chi connectivity index (χ4n) is 3.06. The van der Waals surface area contributed by atoms with Crippen LogP contribution in [0.15, 0.2) is 96.0 Å². The van der Waals surface area contributed by atoms with Gasteiger partial charge in [-0.2, -0.15) is 5.26 Å². The van der Waals surface area contributed by atoms with E-state index in [9.17, 15) is 0 Å². The van der Waals surface area contributed by atoms with E-state index < -0.39 is 0 Å². The van der Waals surface area contributed by atoms with Crippen LogP contribution in [0.4, 0.5) is 0 Å². The standard InChI is InChI=1S/C26H22ClN/c1-19(18-28)13-26(27)14-20(2)23-15-24(21-9-5-3-6-10-21)17-25(16-23)22-11-7-4-8-12-22/h3-17,19H,1-2H3/b20-14+,26-13+. The molecule has 28 heavy (non-hydrogen) atoms. The van der Waals surface area contributed by atoms with Gasteiger partial charge in [0.25, 0.3) is 0 Å². The molecule has 1 atom stereocenters. The summed E-state index contributed by atoms with van der Waals surface area (Å²) < 4.78 is 0. The van der Waals surface area contributed by atoms with E-state index in [0.29, 0.717) is 5.03 Å². The zero-order chi connectivity index (χ0) is 19.9. The molecule has 3 rings (SSSR count). The van der Waals surface area contributed by atoms with Gasteiger partial charge >= 0.3 is 0 Å². The fraction of sp³-hybridized carbons (Fsp3) is 0.115. The summed E-state index contributed by atoms with van der Waals surface area (Å²) in [6, 6.07) is 29.5. The number of allylic oxidation sites excluding steroid dienone is 4. The molecule has 0 aliphatic carbocycles. The monoisotopic (exact) mass is 383 g/mol. The normalized spacial score (nSPS) is 13.1. The smallest absolute Gasteiger partial charge is 0.0695 e. The van der Waals surface area contributed by atoms with Gasteiger partial charge in [-0.3, -0.25) is 0 Å². The van der Waals surface area contributed by atoms with Crippen molar-refractivity contribution < 1.29 is 0 Å². The van der Waals surface area contributed by atoms with Crippen LogP contribution in [-0.2, 0) is 0 Å². The molecule has 0 heterocycles. The number of benzene rings is 3. The van der Waals surface area contributed by atoms with Crippen molar-refractivity contribution in [3.8, 4) is 28.3 Å². The van der Waals surface area contributed by atoms with Crippen molar-refractivity contribution in [2.24, 2.45) is 5.92 Å². The molecule has 1 unspecified atom stereocenters. The third kappa shape index (κ3) is 5.00. The maximum atomic E-state index is 8.99. The van der Waals surface area contributed by atoms with Crippen LogP contribution in [0, 0.1) is 17.2 Å². The molecule has 0 bridgehead atoms. The van der Waals surface area contributed by atoms with Crippen LogP contribution in [0.5, 0.6) is 0 Å². The van der Waals surface area contributed by atoms with Gasteiger partial charge in [-0.25, -0.2) is 0 Å². The molecule has 2 heteroatoms. The maximum absolute atomic E-state index is 8.99. The molecular formula is C26H22ClN. The van der Waals surface area contributed by atoms with Crippen LogP contribution in [0.1, 0.15) is 19.4 Å². The quantitative estimate of drug-likeness (QED) is 0.414. The first-order valence-electron chi connectivity index (χ1n) is 9.28. The second-order valence-corrected chi connectivity index (χ2v) is 7.26. The van der Waals surface area contributed by atoms with Crippen molar-refractivity contribution in [2.45, 2.75) is 13.8 Å². The second-order valence-electron chi connectivity index (χ2n) is 6.83. The average molecular weight is 384 g/mol. The molecule has 0 fully saturated rings. The highest BCUT2D eigenvalue weighted by Crippen LogP contribution is 2.31. The Morgan fingerprint density at radius 3 is 1.82 bits per heavy atom. The van der Waals surface area contributed by atoms with E-state index in [1.807, 2.05) is 32.1 Å². The highest BCUT2D eigenvalue weighted by atomic mass is 35.5. The molecule has 0 saturated carbocycles. The minimum Gasteiger partial charge on any atom is -0.198 e. The lowest BCUT2D eigenvalue weighted by atomic mass is 9.93. The summed E-state index contributed by atoms with van der Waals surface area (Å²) in [5.41, 5.74) is 6.84. The van der Waals surface area contributed by atoms with Crippen molar-refractivity contribution in [1.29, 1.82) is 5.26 Å². The van der Waals surface area contributed by atoms with Crippen molar-refractivity contribution in [3.63, 3.8) is 0 Å². The predicted molar refractivity (Wildman–Crippen MR) is 120 cm³/mol. The summed E-state index contributed by atoms with van der Waals surface area (Å²) in [5, 5.41) is 9.57. The average Bonchev–Trinajstić information content (AvgIpc) is 2.74. The number of hydrogen-bond donors (Lipinski definition) is 0. The Labute approximate surface area is 172 Å². The molecule has 0 N–H and O–H groups in total. The van der Waals surface area contributed by atoms with E-state index in [-0.39, 0.29) is 5.92 Å². The Hall–Kier alpha value is -3.08. The molecule has 0 aliphatic heterocycles. The molecule has 0 aromatic heterocycles. The van der Waals surface area contributed by atoms with Gasteiger partial charge in [0.05, 0.1) is 12.0 Å². The number of halogens is 1. The number of rotatable bonds is 5. The van der Waals surface area contributed by atoms with E-state index in [4.69, 9.17) is 16.9 Å². The third-order valence-corrected chi connectivity index (χ3v) is 4.80. The summed E-state index contributed by atoms with van der Waals surface area (Å²) in [6.07, 6.45) is 3.69. The van der Waals surface area contributed by atoms with E-state index in [2.05, 4.69) is 72.8 Å². The predicted octanol–water partition coefficient (Wildman–Crippen LogP) is 7.71. The van der Waals surface area contributed by atoms with Crippen molar-refractivity contribution in [1.82, 2.24) is 0 Å². The van der Waals surface area contributed by atoms with Crippen LogP contribution in [0.25, 0.3) is 27.8 Å². The van der Waals surface area contributed by atoms with Gasteiger partial charge in [0, 0.05) is 5.03 Å². The first kappa shape index (κ1) is 19.7. The maximum Gasteiger partial charge on any atom is 0.0695 e. The van der Waals surface area contributed by atoms with Crippen molar-refractivity contribution >= 4 is 17.2 Å². The number of nitrogens with zero attached hydrogens (tertiary/aromatic N) is 1. The van der Waals surface area contributed by atoms with Crippen LogP contribution in [0.2, 0.25) is 0 Å². The Kier molecular flexibility index (Phi) is 6.48. The molecule has 3 aromatic rings. The second kappa shape index (κ2) is 9.22. The van der Waals surface area contributed by atoms with Gasteiger partial charge in [0.15, 0.2) is 0 Å². The van der Waals surface area contributed by atoms with Crippen LogP contribution < -0.4 is 0 Å². The van der Waals surface area contributed by atoms with Gasteiger partial charge in [0.1, 0.15) is 0 Å². The summed E-state index contributed by atoms with van der Waals surface area (Å²) >= 11 is 6.35. The minimum atomic E-state index is -0.216. The van der Waals surface area contributed by atoms with E-state index in [1.54, 1.807) is 6.08 Å². The SMILES string of the molecule is C/C(=C\C(Cl)=C/C(C)C#N)c1cc(-c2ccccc2)cc(-c2ccccc2)c1. The van der Waals surface area contributed by atoms with Crippen LogP contribution in [0.3, 0.4) is 0 Å². The zero-order valence-electron chi connectivity index (χ0n) is 16.1. The molecule has 0 radical (unpaired) electrons. The molecule has 0 spiro atoms. The van der Waals surface area contributed by atoms with Crippen molar-refractivity contribution in [3.05, 3.63) is 102 Å². The van der Waals surface area contributed by atoms with Crippen molar-refractivity contribution in [2.75, 3.05) is 0 Å². The molecule has 0 amide bonds. The number of nitriles is 1. The molecule has 3 aromatic carbocycles. The Balaban J connectivity index is 2.10. The first-order valence-corrected chi connectivity index (χ1v) is 9.66. The lowest BCUT2D eigenvalue weighted by Gasteiger charge is -2.11. The molecule has 0 saturated heterocycles. The summed E-state index contributed by atoms with van der Waals surface area (Å²) in [7, 11) is 0.